The van der Waals surface area contributed by atoms with E-state index in [4.69, 9.17) is 0 Å². The fourth-order valence-electron chi connectivity index (χ4n) is 4.17. The van der Waals surface area contributed by atoms with Crippen molar-refractivity contribution in [3.63, 3.8) is 0 Å². The highest BCUT2D eigenvalue weighted by molar-refractivity contribution is 7.91. The minimum absolute atomic E-state index is 0.0575. The zero-order valence-electron chi connectivity index (χ0n) is 18.7. The van der Waals surface area contributed by atoms with E-state index in [1.165, 1.54) is 0 Å². The van der Waals surface area contributed by atoms with E-state index in [0.717, 1.165) is 33.4 Å². The van der Waals surface area contributed by atoms with Crippen LogP contribution < -0.4 is 5.32 Å². The topological polar surface area (TPSA) is 96.8 Å². The van der Waals surface area contributed by atoms with Crippen LogP contribution >= 0.6 is 0 Å². The van der Waals surface area contributed by atoms with Crippen LogP contribution in [0.15, 0.2) is 24.3 Å². The number of aromatic amines is 1. The quantitative estimate of drug-likeness (QED) is 0.642. The van der Waals surface area contributed by atoms with Crippen molar-refractivity contribution in [2.45, 2.75) is 58.9 Å². The van der Waals surface area contributed by atoms with Crippen molar-refractivity contribution >= 4 is 32.5 Å². The highest BCUT2D eigenvalue weighted by Crippen LogP contribution is 2.31. The first-order valence-corrected chi connectivity index (χ1v) is 12.4. The number of anilines is 1. The lowest BCUT2D eigenvalue weighted by molar-refractivity contribution is -0.115. The summed E-state index contributed by atoms with van der Waals surface area (Å²) in [4.78, 5) is 16.4. The van der Waals surface area contributed by atoms with Gasteiger partial charge in [-0.1, -0.05) is 32.4 Å². The van der Waals surface area contributed by atoms with Gasteiger partial charge in [-0.25, -0.2) is 13.1 Å². The number of carbonyl (C=O) groups excluding carboxylic acids is 1. The lowest BCUT2D eigenvalue weighted by atomic mass is 9.92. The van der Waals surface area contributed by atoms with Crippen LogP contribution in [0.4, 0.5) is 5.82 Å². The normalized spacial score (nSPS) is 18.5. The van der Waals surface area contributed by atoms with Crippen molar-refractivity contribution in [3.8, 4) is 0 Å². The van der Waals surface area contributed by atoms with Crippen LogP contribution in [-0.2, 0) is 26.5 Å². The van der Waals surface area contributed by atoms with Crippen LogP contribution in [0.5, 0.6) is 0 Å². The molecule has 1 aliphatic heterocycles. The number of nitrogens with zero attached hydrogens (tertiary/aromatic N) is 2. The number of rotatable bonds is 4. The molecule has 1 aliphatic rings. The maximum absolute atomic E-state index is 13.0. The number of benzene rings is 1. The Morgan fingerprint density at radius 1 is 1.26 bits per heavy atom. The van der Waals surface area contributed by atoms with Crippen molar-refractivity contribution in [2.75, 3.05) is 16.8 Å². The molecule has 1 atom stereocenters. The predicted octanol–water partition coefficient (Wildman–Crippen LogP) is 3.82. The summed E-state index contributed by atoms with van der Waals surface area (Å²) in [6, 6.07) is 7.78. The lowest BCUT2D eigenvalue weighted by Gasteiger charge is -2.15. The third-order valence-electron chi connectivity index (χ3n) is 5.94. The minimum atomic E-state index is -3.07. The van der Waals surface area contributed by atoms with E-state index in [2.05, 4.69) is 21.5 Å². The molecule has 4 rings (SSSR count). The molecule has 0 spiro atoms. The highest BCUT2D eigenvalue weighted by Gasteiger charge is 2.33. The van der Waals surface area contributed by atoms with Crippen molar-refractivity contribution < 1.29 is 13.2 Å². The maximum atomic E-state index is 13.0. The number of aromatic nitrogens is 3. The number of H-pyrrole nitrogens is 1. The Morgan fingerprint density at radius 3 is 2.65 bits per heavy atom. The van der Waals surface area contributed by atoms with Crippen LogP contribution in [-0.4, -0.2) is 40.6 Å². The van der Waals surface area contributed by atoms with Gasteiger partial charge in [0, 0.05) is 28.1 Å². The van der Waals surface area contributed by atoms with E-state index < -0.39 is 9.84 Å². The fraction of sp³-hybridized carbons (Fsp3) is 0.478. The summed E-state index contributed by atoms with van der Waals surface area (Å²) in [6.07, 6.45) is 0.742. The summed E-state index contributed by atoms with van der Waals surface area (Å²) >= 11 is 0. The molecule has 7 nitrogen and oxygen atoms in total. The van der Waals surface area contributed by atoms with E-state index in [0.29, 0.717) is 12.2 Å². The third-order valence-corrected chi connectivity index (χ3v) is 7.69. The van der Waals surface area contributed by atoms with Gasteiger partial charge in [0.05, 0.1) is 29.7 Å². The largest absolute Gasteiger partial charge is 0.358 e. The number of hydrogen-bond acceptors (Lipinski definition) is 4. The van der Waals surface area contributed by atoms with Gasteiger partial charge in [-0.3, -0.25) is 4.79 Å². The summed E-state index contributed by atoms with van der Waals surface area (Å²) in [5.41, 5.74) is 4.72. The van der Waals surface area contributed by atoms with Gasteiger partial charge in [-0.2, -0.15) is 5.10 Å². The standard InChI is InChI=1S/C23H30N4O3S/c1-14-6-7-19-18(10-14)17(15(2)24-19)11-22(28)25-21-12-20(23(3,4)5)26-27(21)16-8-9-31(29,30)13-16/h6-7,10,12,16,24H,8-9,11,13H2,1-5H3,(H,25,28). The number of nitrogens with one attached hydrogen (secondary N) is 2. The van der Waals surface area contributed by atoms with Gasteiger partial charge < -0.3 is 10.3 Å². The van der Waals surface area contributed by atoms with E-state index >= 15 is 0 Å². The van der Waals surface area contributed by atoms with Crippen LogP contribution in [0.25, 0.3) is 10.9 Å². The summed E-state index contributed by atoms with van der Waals surface area (Å²) in [6.45, 7) is 10.2. The first-order chi connectivity index (χ1) is 14.4. The average Bonchev–Trinajstić information content (AvgIpc) is 3.31. The molecule has 1 fully saturated rings. The Kier molecular flexibility index (Phi) is 5.24. The van der Waals surface area contributed by atoms with Crippen LogP contribution in [0.1, 0.15) is 55.7 Å². The molecule has 0 radical (unpaired) electrons. The minimum Gasteiger partial charge on any atom is -0.358 e. The highest BCUT2D eigenvalue weighted by atomic mass is 32.2. The Balaban J connectivity index is 1.63. The van der Waals surface area contributed by atoms with Gasteiger partial charge >= 0.3 is 0 Å². The fourth-order valence-corrected chi connectivity index (χ4v) is 5.86. The zero-order valence-corrected chi connectivity index (χ0v) is 19.6. The summed E-state index contributed by atoms with van der Waals surface area (Å²) in [5.74, 6) is 0.629. The average molecular weight is 443 g/mol. The smallest absolute Gasteiger partial charge is 0.230 e. The second-order valence-corrected chi connectivity index (χ2v) is 11.9. The predicted molar refractivity (Wildman–Crippen MR) is 123 cm³/mol. The van der Waals surface area contributed by atoms with Gasteiger partial charge in [0.25, 0.3) is 0 Å². The summed E-state index contributed by atoms with van der Waals surface area (Å²) in [7, 11) is -3.07. The molecule has 0 saturated carbocycles. The van der Waals surface area contributed by atoms with E-state index in [1.807, 2.05) is 52.8 Å². The lowest BCUT2D eigenvalue weighted by Crippen LogP contribution is -2.21. The van der Waals surface area contributed by atoms with Crippen molar-refractivity contribution in [3.05, 3.63) is 46.8 Å². The van der Waals surface area contributed by atoms with Gasteiger partial charge in [-0.15, -0.1) is 0 Å². The van der Waals surface area contributed by atoms with E-state index in [-0.39, 0.29) is 35.3 Å². The van der Waals surface area contributed by atoms with E-state index in [1.54, 1.807) is 4.68 Å². The Bertz CT molecular complexity index is 1260. The molecule has 1 saturated heterocycles. The number of aryl methyl sites for hydroxylation is 2. The first-order valence-electron chi connectivity index (χ1n) is 10.6. The molecule has 0 bridgehead atoms. The van der Waals surface area contributed by atoms with E-state index in [9.17, 15) is 13.2 Å². The molecule has 8 heteroatoms. The molecule has 1 aromatic carbocycles. The molecule has 3 aromatic rings. The molecule has 0 aliphatic carbocycles. The molecule has 31 heavy (non-hydrogen) atoms. The third kappa shape index (κ3) is 4.39. The monoisotopic (exact) mass is 442 g/mol. The first kappa shape index (κ1) is 21.6. The van der Waals surface area contributed by atoms with Crippen molar-refractivity contribution in [1.29, 1.82) is 0 Å². The molecular formula is C23H30N4O3S. The maximum Gasteiger partial charge on any atom is 0.230 e. The molecule has 2 N–H and O–H groups in total. The van der Waals surface area contributed by atoms with Crippen LogP contribution in [0, 0.1) is 13.8 Å². The van der Waals surface area contributed by atoms with Crippen molar-refractivity contribution in [1.82, 2.24) is 14.8 Å². The second kappa shape index (κ2) is 7.51. The van der Waals surface area contributed by atoms with Crippen LogP contribution in [0.2, 0.25) is 0 Å². The number of sulfone groups is 1. The molecule has 1 unspecified atom stereocenters. The number of carbonyl (C=O) groups is 1. The Hall–Kier alpha value is -2.61. The van der Waals surface area contributed by atoms with Crippen LogP contribution in [0.3, 0.4) is 0 Å². The molecule has 166 valence electrons. The zero-order chi connectivity index (χ0) is 22.6. The Morgan fingerprint density at radius 2 is 2.00 bits per heavy atom. The molecule has 3 heterocycles. The number of hydrogen-bond donors (Lipinski definition) is 2. The summed E-state index contributed by atoms with van der Waals surface area (Å²) in [5, 5.41) is 8.75. The Labute approximate surface area is 183 Å². The van der Waals surface area contributed by atoms with Crippen molar-refractivity contribution in [2.24, 2.45) is 0 Å². The number of fused-ring (bicyclic) bond motifs is 1. The molecule has 1 amide bonds. The van der Waals surface area contributed by atoms with Gasteiger partial charge in [0.2, 0.25) is 5.91 Å². The summed E-state index contributed by atoms with van der Waals surface area (Å²) < 4.78 is 25.7. The molecular weight excluding hydrogens is 412 g/mol. The molecule has 2 aromatic heterocycles. The van der Waals surface area contributed by atoms with Gasteiger partial charge in [0.1, 0.15) is 5.82 Å². The SMILES string of the molecule is Cc1ccc2[nH]c(C)c(CC(=O)Nc3cc(C(C)(C)C)nn3C3CCS(=O)(=O)C3)c2c1. The van der Waals surface area contributed by atoms with Gasteiger partial charge in [-0.05, 0) is 38.0 Å². The second-order valence-electron chi connectivity index (χ2n) is 9.67. The van der Waals surface area contributed by atoms with Gasteiger partial charge in [0.15, 0.2) is 9.84 Å². The number of amides is 1.